The molecule has 1 heteroatoms. The van der Waals surface area contributed by atoms with Crippen LogP contribution in [0.15, 0.2) is 109 Å². The second kappa shape index (κ2) is 7.88. The van der Waals surface area contributed by atoms with Gasteiger partial charge in [0.25, 0.3) is 0 Å². The van der Waals surface area contributed by atoms with Crippen molar-refractivity contribution in [3.8, 4) is 22.4 Å². The third-order valence-corrected chi connectivity index (χ3v) is 5.65. The number of para-hydroxylation sites is 1. The molecule has 0 amide bonds. The molecule has 5 aromatic rings. The van der Waals surface area contributed by atoms with E-state index in [1.807, 2.05) is 0 Å². The van der Waals surface area contributed by atoms with Crippen molar-refractivity contribution in [1.82, 2.24) is 4.57 Å². The van der Waals surface area contributed by atoms with Crippen LogP contribution in [0.4, 0.5) is 0 Å². The van der Waals surface area contributed by atoms with E-state index in [9.17, 15) is 0 Å². The quantitative estimate of drug-likeness (QED) is 0.299. The summed E-state index contributed by atoms with van der Waals surface area (Å²) in [6.07, 6.45) is 4.45. The number of hydrogen-bond acceptors (Lipinski definition) is 0. The van der Waals surface area contributed by atoms with Crippen LogP contribution in [-0.4, -0.2) is 4.57 Å². The van der Waals surface area contributed by atoms with Crippen LogP contribution >= 0.6 is 0 Å². The molecule has 1 nitrogen and oxygen atoms in total. The Balaban J connectivity index is 1.63. The topological polar surface area (TPSA) is 4.93 Å². The summed E-state index contributed by atoms with van der Waals surface area (Å²) in [7, 11) is 2.16. The van der Waals surface area contributed by atoms with Crippen molar-refractivity contribution in [3.63, 3.8) is 0 Å². The van der Waals surface area contributed by atoms with Gasteiger partial charge in [-0.3, -0.25) is 0 Å². The van der Waals surface area contributed by atoms with Gasteiger partial charge in [0, 0.05) is 23.5 Å². The molecule has 0 aliphatic carbocycles. The minimum Gasteiger partial charge on any atom is -0.343 e. The van der Waals surface area contributed by atoms with E-state index in [1.54, 1.807) is 0 Å². The van der Waals surface area contributed by atoms with Crippen molar-refractivity contribution in [2.24, 2.45) is 7.05 Å². The smallest absolute Gasteiger partial charge is 0.0562 e. The lowest BCUT2D eigenvalue weighted by Crippen LogP contribution is -1.92. The summed E-state index contributed by atoms with van der Waals surface area (Å²) in [6, 6.07) is 38.5. The molecule has 0 aliphatic rings. The van der Waals surface area contributed by atoms with Gasteiger partial charge in [-0.15, -0.1) is 0 Å². The first-order valence-electron chi connectivity index (χ1n) is 10.3. The Morgan fingerprint density at radius 2 is 1.10 bits per heavy atom. The Hall–Kier alpha value is -3.84. The van der Waals surface area contributed by atoms with E-state index in [-0.39, 0.29) is 0 Å². The molecule has 1 heterocycles. The van der Waals surface area contributed by atoms with Crippen molar-refractivity contribution in [2.45, 2.75) is 0 Å². The largest absolute Gasteiger partial charge is 0.343 e. The number of fused-ring (bicyclic) bond motifs is 1. The summed E-state index contributed by atoms with van der Waals surface area (Å²) in [4.78, 5) is 0. The second-order valence-electron chi connectivity index (χ2n) is 7.53. The van der Waals surface area contributed by atoms with Gasteiger partial charge in [-0.05, 0) is 28.3 Å². The van der Waals surface area contributed by atoms with Gasteiger partial charge in [-0.2, -0.15) is 0 Å². The molecule has 0 aliphatic heterocycles. The standard InChI is InChI=1S/C29H23N/c1-30-28-15-9-8-14-26(28)27(21-16-22-10-4-2-5-11-22)29(30)25-19-17-24(18-20-25)23-12-6-3-7-13-23/h2-21H,1H3. The van der Waals surface area contributed by atoms with Gasteiger partial charge in [0.05, 0.1) is 5.69 Å². The first-order valence-corrected chi connectivity index (χ1v) is 10.3. The number of rotatable bonds is 4. The highest BCUT2D eigenvalue weighted by Gasteiger charge is 2.14. The molecule has 0 unspecified atom stereocenters. The fourth-order valence-corrected chi connectivity index (χ4v) is 4.14. The molecule has 0 saturated carbocycles. The Morgan fingerprint density at radius 3 is 1.83 bits per heavy atom. The Bertz CT molecular complexity index is 1310. The summed E-state index contributed by atoms with van der Waals surface area (Å²) in [5, 5.41) is 1.27. The number of hydrogen-bond donors (Lipinski definition) is 0. The predicted molar refractivity (Wildman–Crippen MR) is 129 cm³/mol. The van der Waals surface area contributed by atoms with Crippen LogP contribution in [0.1, 0.15) is 11.1 Å². The summed E-state index contributed by atoms with van der Waals surface area (Å²) in [5.74, 6) is 0. The minimum absolute atomic E-state index is 1.20. The van der Waals surface area contributed by atoms with Crippen LogP contribution in [0, 0.1) is 0 Å². The van der Waals surface area contributed by atoms with Crippen molar-refractivity contribution in [3.05, 3.63) is 120 Å². The molecule has 0 bridgehead atoms. The number of benzene rings is 4. The van der Waals surface area contributed by atoms with E-state index >= 15 is 0 Å². The molecule has 30 heavy (non-hydrogen) atoms. The molecule has 5 rings (SSSR count). The van der Waals surface area contributed by atoms with Crippen LogP contribution in [0.3, 0.4) is 0 Å². The first-order chi connectivity index (χ1) is 14.8. The minimum atomic E-state index is 1.20. The SMILES string of the molecule is Cn1c(-c2ccc(-c3ccccc3)cc2)c(C=Cc2ccccc2)c2ccccc21. The highest BCUT2D eigenvalue weighted by molar-refractivity contribution is 5.99. The van der Waals surface area contributed by atoms with E-state index in [0.717, 1.165) is 0 Å². The highest BCUT2D eigenvalue weighted by atomic mass is 14.9. The average Bonchev–Trinajstić information content (AvgIpc) is 3.11. The van der Waals surface area contributed by atoms with E-state index in [4.69, 9.17) is 0 Å². The van der Waals surface area contributed by atoms with Crippen molar-refractivity contribution in [1.29, 1.82) is 0 Å². The zero-order chi connectivity index (χ0) is 20.3. The molecule has 0 atom stereocenters. The molecule has 1 aromatic heterocycles. The average molecular weight is 386 g/mol. The predicted octanol–water partition coefficient (Wildman–Crippen LogP) is 7.68. The van der Waals surface area contributed by atoms with Crippen molar-refractivity contribution >= 4 is 23.1 Å². The van der Waals surface area contributed by atoms with Gasteiger partial charge >= 0.3 is 0 Å². The van der Waals surface area contributed by atoms with E-state index in [2.05, 4.69) is 133 Å². The maximum Gasteiger partial charge on any atom is 0.0562 e. The lowest BCUT2D eigenvalue weighted by molar-refractivity contribution is 0.977. The lowest BCUT2D eigenvalue weighted by atomic mass is 10.00. The molecular weight excluding hydrogens is 362 g/mol. The monoisotopic (exact) mass is 385 g/mol. The normalized spacial score (nSPS) is 11.4. The zero-order valence-electron chi connectivity index (χ0n) is 17.0. The molecule has 144 valence electrons. The fraction of sp³-hybridized carbons (Fsp3) is 0.0345. The van der Waals surface area contributed by atoms with Crippen LogP contribution in [0.25, 0.3) is 45.4 Å². The van der Waals surface area contributed by atoms with Gasteiger partial charge in [0.2, 0.25) is 0 Å². The van der Waals surface area contributed by atoms with Gasteiger partial charge in [-0.1, -0.05) is 115 Å². The second-order valence-corrected chi connectivity index (χ2v) is 7.53. The Morgan fingerprint density at radius 1 is 0.533 bits per heavy atom. The third kappa shape index (κ3) is 3.35. The van der Waals surface area contributed by atoms with E-state index in [0.29, 0.717) is 0 Å². The summed E-state index contributed by atoms with van der Waals surface area (Å²) in [5.41, 5.74) is 8.64. The van der Waals surface area contributed by atoms with E-state index < -0.39 is 0 Å². The van der Waals surface area contributed by atoms with Crippen molar-refractivity contribution in [2.75, 3.05) is 0 Å². The van der Waals surface area contributed by atoms with Crippen LogP contribution in [0.5, 0.6) is 0 Å². The Labute approximate surface area is 177 Å². The van der Waals surface area contributed by atoms with Crippen LogP contribution in [0.2, 0.25) is 0 Å². The van der Waals surface area contributed by atoms with Crippen LogP contribution in [-0.2, 0) is 7.05 Å². The zero-order valence-corrected chi connectivity index (χ0v) is 17.0. The maximum absolute atomic E-state index is 2.30. The highest BCUT2D eigenvalue weighted by Crippen LogP contribution is 2.35. The molecule has 0 spiro atoms. The summed E-state index contributed by atoms with van der Waals surface area (Å²) in [6.45, 7) is 0. The van der Waals surface area contributed by atoms with E-state index in [1.165, 1.54) is 44.4 Å². The summed E-state index contributed by atoms with van der Waals surface area (Å²) < 4.78 is 2.30. The molecule has 0 saturated heterocycles. The molecular formula is C29H23N. The van der Waals surface area contributed by atoms with Gasteiger partial charge in [0.1, 0.15) is 0 Å². The van der Waals surface area contributed by atoms with Gasteiger partial charge in [0.15, 0.2) is 0 Å². The Kier molecular flexibility index (Phi) is 4.78. The molecule has 0 N–H and O–H groups in total. The lowest BCUT2D eigenvalue weighted by Gasteiger charge is -2.08. The van der Waals surface area contributed by atoms with Gasteiger partial charge < -0.3 is 4.57 Å². The summed E-state index contributed by atoms with van der Waals surface area (Å²) >= 11 is 0. The maximum atomic E-state index is 2.30. The fourth-order valence-electron chi connectivity index (χ4n) is 4.14. The molecule has 0 radical (unpaired) electrons. The number of nitrogens with zero attached hydrogens (tertiary/aromatic N) is 1. The third-order valence-electron chi connectivity index (χ3n) is 5.65. The molecule has 4 aromatic carbocycles. The number of aryl methyl sites for hydroxylation is 1. The van der Waals surface area contributed by atoms with Crippen molar-refractivity contribution < 1.29 is 0 Å². The van der Waals surface area contributed by atoms with Crippen LogP contribution < -0.4 is 0 Å². The molecule has 0 fully saturated rings. The van der Waals surface area contributed by atoms with Gasteiger partial charge in [-0.25, -0.2) is 0 Å². The first kappa shape index (κ1) is 18.2. The number of aromatic nitrogens is 1.